The Kier molecular flexibility index (Phi) is 4.07. The van der Waals surface area contributed by atoms with E-state index in [2.05, 4.69) is 27.7 Å². The molecule has 0 radical (unpaired) electrons. The van der Waals surface area contributed by atoms with E-state index < -0.39 is 0 Å². The Labute approximate surface area is 101 Å². The third-order valence-electron chi connectivity index (χ3n) is 5.08. The predicted octanol–water partition coefficient (Wildman–Crippen LogP) is 3.26. The summed E-state index contributed by atoms with van der Waals surface area (Å²) in [7, 11) is 0. The van der Waals surface area contributed by atoms with Crippen LogP contribution in [0.15, 0.2) is 0 Å². The molecule has 1 aliphatic carbocycles. The molecular weight excluding hydrogens is 198 g/mol. The van der Waals surface area contributed by atoms with E-state index in [0.29, 0.717) is 5.41 Å². The molecule has 2 unspecified atom stereocenters. The Balaban J connectivity index is 0.00000128. The normalized spacial score (nSPS) is 36.0. The SMILES string of the molecule is CC[N+]1(C2CC(C)(C)CC2C)CCCC1.[OH-]. The Morgan fingerprint density at radius 2 is 1.69 bits per heavy atom. The smallest absolute Gasteiger partial charge is 0.0921 e. The van der Waals surface area contributed by atoms with Gasteiger partial charge in [0.05, 0.1) is 25.7 Å². The van der Waals surface area contributed by atoms with Crippen molar-refractivity contribution in [3.63, 3.8) is 0 Å². The van der Waals surface area contributed by atoms with E-state index in [-0.39, 0.29) is 5.48 Å². The fourth-order valence-electron chi connectivity index (χ4n) is 4.44. The van der Waals surface area contributed by atoms with Crippen LogP contribution in [0.1, 0.15) is 53.4 Å². The summed E-state index contributed by atoms with van der Waals surface area (Å²) in [6.07, 6.45) is 5.84. The summed E-state index contributed by atoms with van der Waals surface area (Å²) in [6, 6.07) is 0.965. The van der Waals surface area contributed by atoms with Gasteiger partial charge in [-0.3, -0.25) is 0 Å². The minimum atomic E-state index is 0. The van der Waals surface area contributed by atoms with Crippen molar-refractivity contribution >= 4 is 0 Å². The zero-order chi connectivity index (χ0) is 11.1. The standard InChI is InChI=1S/C14H28N.H2O/c1-5-15(8-6-7-9-15)13-11-14(3,4)10-12(13)2;/h12-13H,5-11H2,1-4H3;1H2/q+1;/p-1. The molecule has 0 aromatic heterocycles. The van der Waals surface area contributed by atoms with Crippen molar-refractivity contribution < 1.29 is 9.96 Å². The number of rotatable bonds is 2. The van der Waals surface area contributed by atoms with E-state index in [4.69, 9.17) is 0 Å². The van der Waals surface area contributed by atoms with Gasteiger partial charge in [-0.05, 0) is 18.8 Å². The van der Waals surface area contributed by atoms with Gasteiger partial charge in [-0.15, -0.1) is 0 Å². The van der Waals surface area contributed by atoms with Crippen molar-refractivity contribution in [1.82, 2.24) is 0 Å². The first-order valence-electron chi connectivity index (χ1n) is 6.85. The third-order valence-corrected chi connectivity index (χ3v) is 5.08. The highest BCUT2D eigenvalue weighted by Crippen LogP contribution is 2.46. The van der Waals surface area contributed by atoms with Crippen LogP contribution in [-0.2, 0) is 0 Å². The average molecular weight is 227 g/mol. The topological polar surface area (TPSA) is 30.0 Å². The van der Waals surface area contributed by atoms with Gasteiger partial charge in [0.25, 0.3) is 0 Å². The van der Waals surface area contributed by atoms with Crippen LogP contribution in [0.5, 0.6) is 0 Å². The molecule has 2 atom stereocenters. The lowest BCUT2D eigenvalue weighted by molar-refractivity contribution is -0.941. The second kappa shape index (κ2) is 4.66. The van der Waals surface area contributed by atoms with E-state index in [1.54, 1.807) is 0 Å². The van der Waals surface area contributed by atoms with Gasteiger partial charge in [-0.2, -0.15) is 0 Å². The first kappa shape index (κ1) is 14.0. The lowest BCUT2D eigenvalue weighted by Crippen LogP contribution is -2.54. The molecule has 2 fully saturated rings. The first-order chi connectivity index (χ1) is 6.99. The first-order valence-corrected chi connectivity index (χ1v) is 6.85. The monoisotopic (exact) mass is 227 g/mol. The number of nitrogens with zero attached hydrogens (tertiary/aromatic N) is 1. The lowest BCUT2D eigenvalue weighted by atomic mass is 9.91. The van der Waals surface area contributed by atoms with Crippen LogP contribution in [-0.4, -0.2) is 35.6 Å². The summed E-state index contributed by atoms with van der Waals surface area (Å²) in [5.41, 5.74) is 0.604. The van der Waals surface area contributed by atoms with Crippen LogP contribution < -0.4 is 0 Å². The second-order valence-electron chi connectivity index (χ2n) is 6.81. The van der Waals surface area contributed by atoms with Gasteiger partial charge in [0.1, 0.15) is 0 Å². The number of hydrogen-bond donors (Lipinski definition) is 0. The summed E-state index contributed by atoms with van der Waals surface area (Å²) in [5.74, 6) is 0.943. The van der Waals surface area contributed by atoms with Crippen LogP contribution in [0.4, 0.5) is 0 Å². The Morgan fingerprint density at radius 3 is 2.06 bits per heavy atom. The van der Waals surface area contributed by atoms with E-state index in [0.717, 1.165) is 12.0 Å². The number of likely N-dealkylation sites (tertiary alicyclic amines) is 1. The van der Waals surface area contributed by atoms with Crippen molar-refractivity contribution in [3.8, 4) is 0 Å². The second-order valence-corrected chi connectivity index (χ2v) is 6.81. The van der Waals surface area contributed by atoms with Crippen LogP contribution in [0.3, 0.4) is 0 Å². The largest absolute Gasteiger partial charge is 0.870 e. The van der Waals surface area contributed by atoms with Gasteiger partial charge in [-0.25, -0.2) is 0 Å². The fourth-order valence-corrected chi connectivity index (χ4v) is 4.44. The van der Waals surface area contributed by atoms with Crippen LogP contribution in [0.2, 0.25) is 0 Å². The summed E-state index contributed by atoms with van der Waals surface area (Å²) in [6.45, 7) is 14.1. The van der Waals surface area contributed by atoms with Crippen LogP contribution >= 0.6 is 0 Å². The molecule has 16 heavy (non-hydrogen) atoms. The fraction of sp³-hybridized carbons (Fsp3) is 1.00. The summed E-state index contributed by atoms with van der Waals surface area (Å²) in [4.78, 5) is 0. The molecule has 2 aliphatic rings. The molecule has 2 heteroatoms. The molecule has 1 saturated heterocycles. The highest BCUT2D eigenvalue weighted by Gasteiger charge is 2.49. The Bertz CT molecular complexity index is 231. The van der Waals surface area contributed by atoms with Gasteiger partial charge in [0.2, 0.25) is 0 Å². The van der Waals surface area contributed by atoms with E-state index in [1.165, 1.54) is 49.8 Å². The molecular formula is C14H29NO. The molecule has 2 nitrogen and oxygen atoms in total. The zero-order valence-corrected chi connectivity index (χ0v) is 11.5. The zero-order valence-electron chi connectivity index (χ0n) is 11.5. The van der Waals surface area contributed by atoms with E-state index >= 15 is 0 Å². The number of hydrogen-bond acceptors (Lipinski definition) is 1. The predicted molar refractivity (Wildman–Crippen MR) is 67.7 cm³/mol. The van der Waals surface area contributed by atoms with Gasteiger partial charge in [-0.1, -0.05) is 20.8 Å². The molecule has 0 aromatic rings. The maximum atomic E-state index is 2.49. The van der Waals surface area contributed by atoms with Crippen LogP contribution in [0.25, 0.3) is 0 Å². The van der Waals surface area contributed by atoms with Gasteiger partial charge >= 0.3 is 0 Å². The molecule has 1 aliphatic heterocycles. The highest BCUT2D eigenvalue weighted by atomic mass is 16.0. The summed E-state index contributed by atoms with van der Waals surface area (Å²) >= 11 is 0. The van der Waals surface area contributed by atoms with Gasteiger partial charge in [0.15, 0.2) is 0 Å². The van der Waals surface area contributed by atoms with Crippen LogP contribution in [0, 0.1) is 11.3 Å². The maximum Gasteiger partial charge on any atom is 0.0921 e. The quantitative estimate of drug-likeness (QED) is 0.666. The van der Waals surface area contributed by atoms with Crippen molar-refractivity contribution in [1.29, 1.82) is 0 Å². The summed E-state index contributed by atoms with van der Waals surface area (Å²) < 4.78 is 1.45. The Hall–Kier alpha value is -0.0800. The number of quaternary nitrogens is 1. The third kappa shape index (κ3) is 2.28. The highest BCUT2D eigenvalue weighted by molar-refractivity contribution is 4.89. The van der Waals surface area contributed by atoms with Crippen molar-refractivity contribution in [2.24, 2.45) is 11.3 Å². The molecule has 1 saturated carbocycles. The molecule has 0 bridgehead atoms. The minimum absolute atomic E-state index is 0. The van der Waals surface area contributed by atoms with E-state index in [1.807, 2.05) is 0 Å². The van der Waals surface area contributed by atoms with Crippen molar-refractivity contribution in [3.05, 3.63) is 0 Å². The molecule has 0 amide bonds. The van der Waals surface area contributed by atoms with Gasteiger partial charge < -0.3 is 9.96 Å². The maximum absolute atomic E-state index is 2.49. The average Bonchev–Trinajstić information content (AvgIpc) is 2.71. The molecule has 0 aromatic carbocycles. The van der Waals surface area contributed by atoms with Crippen molar-refractivity contribution in [2.45, 2.75) is 59.4 Å². The molecule has 1 heterocycles. The molecule has 0 spiro atoms. The van der Waals surface area contributed by atoms with Crippen molar-refractivity contribution in [2.75, 3.05) is 19.6 Å². The summed E-state index contributed by atoms with van der Waals surface area (Å²) in [5, 5.41) is 0. The van der Waals surface area contributed by atoms with E-state index in [9.17, 15) is 0 Å². The van der Waals surface area contributed by atoms with Gasteiger partial charge in [0, 0.05) is 25.2 Å². The molecule has 2 rings (SSSR count). The molecule has 96 valence electrons. The minimum Gasteiger partial charge on any atom is -0.870 e. The lowest BCUT2D eigenvalue weighted by Gasteiger charge is -2.41. The Morgan fingerprint density at radius 1 is 1.12 bits per heavy atom. The molecule has 1 N–H and O–H groups in total.